The molecule has 0 aliphatic carbocycles. The van der Waals surface area contributed by atoms with E-state index in [1.54, 1.807) is 73.7 Å². The van der Waals surface area contributed by atoms with Crippen LogP contribution in [-0.2, 0) is 4.79 Å². The number of nitrogens with one attached hydrogen (secondary N) is 2. The second kappa shape index (κ2) is 14.4. The van der Waals surface area contributed by atoms with Crippen LogP contribution in [0.15, 0.2) is 71.8 Å². The van der Waals surface area contributed by atoms with Crippen molar-refractivity contribution in [3.05, 3.63) is 88.4 Å². The Balaban J connectivity index is 1.56. The monoisotopic (exact) mass is 537 g/mol. The van der Waals surface area contributed by atoms with E-state index < -0.39 is 17.8 Å². The third-order valence-corrected chi connectivity index (χ3v) is 5.29. The van der Waals surface area contributed by atoms with E-state index in [2.05, 4.69) is 15.8 Å². The summed E-state index contributed by atoms with van der Waals surface area (Å²) in [4.78, 5) is 36.8. The minimum Gasteiger partial charge on any atom is -0.494 e. The molecule has 0 heterocycles. The Labute approximate surface area is 225 Å². The quantitative estimate of drug-likeness (QED) is 0.151. The SMILES string of the molecule is CCCOc1ccc(C(=O)Oc2ccc(/C=N/NC(=O)CNC(=O)c3ccccc3Cl)cc2OCC)cc1. The third-order valence-electron chi connectivity index (χ3n) is 4.96. The van der Waals surface area contributed by atoms with Crippen molar-refractivity contribution in [2.75, 3.05) is 19.8 Å². The standard InChI is InChI=1S/C28H28ClN3O6/c1-3-15-37-21-12-10-20(11-13-21)28(35)38-24-14-9-19(16-25(24)36-4-2)17-31-32-26(33)18-30-27(34)22-7-5-6-8-23(22)29/h5-14,16-17H,3-4,15,18H2,1-2H3,(H,30,34)(H,32,33)/b31-17+. The van der Waals surface area contributed by atoms with Crippen LogP contribution in [0.4, 0.5) is 0 Å². The molecule has 9 nitrogen and oxygen atoms in total. The molecular weight excluding hydrogens is 510 g/mol. The van der Waals surface area contributed by atoms with E-state index in [9.17, 15) is 14.4 Å². The number of hydrazone groups is 1. The van der Waals surface area contributed by atoms with Gasteiger partial charge < -0.3 is 19.5 Å². The molecule has 0 aliphatic heterocycles. The highest BCUT2D eigenvalue weighted by Gasteiger charge is 2.14. The zero-order valence-electron chi connectivity index (χ0n) is 21.0. The maximum absolute atomic E-state index is 12.6. The molecule has 0 spiro atoms. The minimum absolute atomic E-state index is 0.242. The number of halogens is 1. The number of nitrogens with zero attached hydrogens (tertiary/aromatic N) is 1. The van der Waals surface area contributed by atoms with E-state index in [-0.39, 0.29) is 22.9 Å². The normalized spacial score (nSPS) is 10.6. The number of esters is 1. The highest BCUT2D eigenvalue weighted by atomic mass is 35.5. The van der Waals surface area contributed by atoms with Crippen LogP contribution in [0.5, 0.6) is 17.2 Å². The summed E-state index contributed by atoms with van der Waals surface area (Å²) in [6.07, 6.45) is 2.29. The van der Waals surface area contributed by atoms with E-state index in [0.29, 0.717) is 35.8 Å². The Kier molecular flexibility index (Phi) is 10.7. The van der Waals surface area contributed by atoms with E-state index >= 15 is 0 Å². The fourth-order valence-corrected chi connectivity index (χ4v) is 3.36. The summed E-state index contributed by atoms with van der Waals surface area (Å²) < 4.78 is 16.7. The number of hydrogen-bond acceptors (Lipinski definition) is 7. The Hall–Kier alpha value is -4.37. The maximum atomic E-state index is 12.6. The molecule has 0 fully saturated rings. The van der Waals surface area contributed by atoms with Gasteiger partial charge >= 0.3 is 5.97 Å². The zero-order valence-corrected chi connectivity index (χ0v) is 21.8. The number of ether oxygens (including phenoxy) is 3. The van der Waals surface area contributed by atoms with Gasteiger partial charge in [0, 0.05) is 0 Å². The van der Waals surface area contributed by atoms with Crippen molar-refractivity contribution in [2.24, 2.45) is 5.10 Å². The first-order valence-electron chi connectivity index (χ1n) is 12.0. The van der Waals surface area contributed by atoms with Gasteiger partial charge in [0.25, 0.3) is 11.8 Å². The topological polar surface area (TPSA) is 115 Å². The second-order valence-corrected chi connectivity index (χ2v) is 8.26. The Morgan fingerprint density at radius 2 is 1.71 bits per heavy atom. The van der Waals surface area contributed by atoms with E-state index in [1.807, 2.05) is 6.92 Å². The van der Waals surface area contributed by atoms with Crippen molar-refractivity contribution in [2.45, 2.75) is 20.3 Å². The molecule has 0 radical (unpaired) electrons. The molecule has 198 valence electrons. The predicted molar refractivity (Wildman–Crippen MR) is 144 cm³/mol. The molecule has 10 heteroatoms. The van der Waals surface area contributed by atoms with Gasteiger partial charge in [0.05, 0.1) is 42.1 Å². The molecule has 0 aliphatic rings. The predicted octanol–water partition coefficient (Wildman–Crippen LogP) is 4.63. The summed E-state index contributed by atoms with van der Waals surface area (Å²) >= 11 is 5.98. The summed E-state index contributed by atoms with van der Waals surface area (Å²) in [5.41, 5.74) is 3.56. The van der Waals surface area contributed by atoms with Gasteiger partial charge in [-0.3, -0.25) is 9.59 Å². The molecule has 3 rings (SSSR count). The zero-order chi connectivity index (χ0) is 27.3. The molecule has 3 aromatic rings. The largest absolute Gasteiger partial charge is 0.494 e. The lowest BCUT2D eigenvalue weighted by Crippen LogP contribution is -2.35. The Morgan fingerprint density at radius 3 is 2.42 bits per heavy atom. The van der Waals surface area contributed by atoms with Crippen molar-refractivity contribution >= 4 is 35.6 Å². The van der Waals surface area contributed by atoms with Gasteiger partial charge in [0.1, 0.15) is 5.75 Å². The average molecular weight is 538 g/mol. The molecule has 38 heavy (non-hydrogen) atoms. The smallest absolute Gasteiger partial charge is 0.343 e. The van der Waals surface area contributed by atoms with E-state index in [0.717, 1.165) is 6.42 Å². The molecule has 0 unspecified atom stereocenters. The number of amides is 2. The van der Waals surface area contributed by atoms with Gasteiger partial charge in [-0.15, -0.1) is 0 Å². The average Bonchev–Trinajstić information content (AvgIpc) is 2.92. The molecule has 0 bridgehead atoms. The Bertz CT molecular complexity index is 1290. The van der Waals surface area contributed by atoms with Gasteiger partial charge in [-0.2, -0.15) is 5.10 Å². The third kappa shape index (κ3) is 8.35. The molecular formula is C28H28ClN3O6. The first-order chi connectivity index (χ1) is 18.4. The summed E-state index contributed by atoms with van der Waals surface area (Å²) in [5.74, 6) is -0.277. The summed E-state index contributed by atoms with van der Waals surface area (Å²) in [5, 5.41) is 6.67. The number of rotatable bonds is 12. The van der Waals surface area contributed by atoms with E-state index in [1.165, 1.54) is 6.21 Å². The van der Waals surface area contributed by atoms with Crippen molar-refractivity contribution in [3.8, 4) is 17.2 Å². The number of benzene rings is 3. The van der Waals surface area contributed by atoms with Gasteiger partial charge in [0.2, 0.25) is 0 Å². The lowest BCUT2D eigenvalue weighted by molar-refractivity contribution is -0.120. The molecule has 0 atom stereocenters. The molecule has 2 amide bonds. The van der Waals surface area contributed by atoms with Crippen LogP contribution in [0.25, 0.3) is 0 Å². The summed E-state index contributed by atoms with van der Waals surface area (Å²) in [7, 11) is 0. The molecule has 0 saturated carbocycles. The van der Waals surface area contributed by atoms with Gasteiger partial charge in [-0.1, -0.05) is 30.7 Å². The number of hydrogen-bond donors (Lipinski definition) is 2. The molecule has 3 aromatic carbocycles. The fraction of sp³-hybridized carbons (Fsp3) is 0.214. The lowest BCUT2D eigenvalue weighted by atomic mass is 10.2. The Morgan fingerprint density at radius 1 is 0.947 bits per heavy atom. The maximum Gasteiger partial charge on any atom is 0.343 e. The van der Waals surface area contributed by atoms with Crippen molar-refractivity contribution < 1.29 is 28.6 Å². The van der Waals surface area contributed by atoms with Crippen LogP contribution in [0.1, 0.15) is 46.5 Å². The first kappa shape index (κ1) is 28.2. The lowest BCUT2D eigenvalue weighted by Gasteiger charge is -2.12. The summed E-state index contributed by atoms with van der Waals surface area (Å²) in [6, 6.07) is 18.1. The molecule has 0 aromatic heterocycles. The van der Waals surface area contributed by atoms with Gasteiger partial charge in [-0.25, -0.2) is 10.2 Å². The van der Waals surface area contributed by atoms with Crippen LogP contribution in [-0.4, -0.2) is 43.8 Å². The first-order valence-corrected chi connectivity index (χ1v) is 12.4. The van der Waals surface area contributed by atoms with Gasteiger partial charge in [0.15, 0.2) is 11.5 Å². The molecule has 2 N–H and O–H groups in total. The highest BCUT2D eigenvalue weighted by Crippen LogP contribution is 2.29. The van der Waals surface area contributed by atoms with Crippen LogP contribution < -0.4 is 25.0 Å². The fourth-order valence-electron chi connectivity index (χ4n) is 3.14. The van der Waals surface area contributed by atoms with Crippen molar-refractivity contribution in [1.82, 2.24) is 10.7 Å². The van der Waals surface area contributed by atoms with Crippen LogP contribution in [0.2, 0.25) is 5.02 Å². The van der Waals surface area contributed by atoms with Gasteiger partial charge in [-0.05, 0) is 73.5 Å². The van der Waals surface area contributed by atoms with Crippen LogP contribution in [0.3, 0.4) is 0 Å². The summed E-state index contributed by atoms with van der Waals surface area (Å²) in [6.45, 7) is 4.48. The minimum atomic E-state index is -0.541. The van der Waals surface area contributed by atoms with Crippen LogP contribution in [0, 0.1) is 0 Å². The highest BCUT2D eigenvalue weighted by molar-refractivity contribution is 6.33. The molecule has 0 saturated heterocycles. The van der Waals surface area contributed by atoms with E-state index in [4.69, 9.17) is 25.8 Å². The number of carbonyl (C=O) groups excluding carboxylic acids is 3. The van der Waals surface area contributed by atoms with Crippen LogP contribution >= 0.6 is 11.6 Å². The number of carbonyl (C=O) groups is 3. The second-order valence-electron chi connectivity index (χ2n) is 7.86. The van der Waals surface area contributed by atoms with Crippen molar-refractivity contribution in [1.29, 1.82) is 0 Å². The van der Waals surface area contributed by atoms with Crippen molar-refractivity contribution in [3.63, 3.8) is 0 Å².